The summed E-state index contributed by atoms with van der Waals surface area (Å²) in [6.07, 6.45) is 6.70. The first-order valence-electron chi connectivity index (χ1n) is 6.60. The molecular formula is C12H20N4OS. The third-order valence-corrected chi connectivity index (χ3v) is 4.53. The number of hydrogen-bond donors (Lipinski definition) is 0. The van der Waals surface area contributed by atoms with Crippen molar-refractivity contribution in [1.82, 2.24) is 19.9 Å². The molecule has 5 nitrogen and oxygen atoms in total. The zero-order chi connectivity index (χ0) is 12.4. The van der Waals surface area contributed by atoms with Crippen molar-refractivity contribution in [2.45, 2.75) is 31.6 Å². The monoisotopic (exact) mass is 268 g/mol. The molecule has 1 aromatic rings. The molecule has 0 spiro atoms. The van der Waals surface area contributed by atoms with Gasteiger partial charge in [0.1, 0.15) is 0 Å². The molecule has 18 heavy (non-hydrogen) atoms. The number of aromatic nitrogens is 3. The van der Waals surface area contributed by atoms with Crippen LogP contribution in [0, 0.1) is 0 Å². The predicted molar refractivity (Wildman–Crippen MR) is 71.7 cm³/mol. The molecule has 1 aromatic heterocycles. The quantitative estimate of drug-likeness (QED) is 0.767. The van der Waals surface area contributed by atoms with E-state index in [4.69, 9.17) is 4.74 Å². The molecule has 2 aliphatic rings. The fourth-order valence-corrected chi connectivity index (χ4v) is 3.30. The molecule has 0 unspecified atom stereocenters. The second-order valence-corrected chi connectivity index (χ2v) is 6.01. The molecule has 3 heterocycles. The van der Waals surface area contributed by atoms with Crippen LogP contribution in [-0.4, -0.2) is 57.6 Å². The minimum Gasteiger partial charge on any atom is -0.370 e. The zero-order valence-electron chi connectivity index (χ0n) is 10.8. The molecule has 2 atom stereocenters. The van der Waals surface area contributed by atoms with E-state index in [-0.39, 0.29) is 0 Å². The van der Waals surface area contributed by atoms with E-state index in [1.54, 1.807) is 0 Å². The van der Waals surface area contributed by atoms with Gasteiger partial charge in [-0.1, -0.05) is 5.21 Å². The smallest absolute Gasteiger partial charge is 0.0929 e. The van der Waals surface area contributed by atoms with E-state index in [0.717, 1.165) is 25.2 Å². The van der Waals surface area contributed by atoms with Crippen molar-refractivity contribution in [2.24, 2.45) is 0 Å². The lowest BCUT2D eigenvalue weighted by Gasteiger charge is -2.41. The van der Waals surface area contributed by atoms with E-state index >= 15 is 0 Å². The molecule has 0 bridgehead atoms. The zero-order valence-corrected chi connectivity index (χ0v) is 11.6. The Labute approximate surface area is 112 Å². The number of thioether (sulfide) groups is 1. The van der Waals surface area contributed by atoms with Crippen molar-refractivity contribution in [1.29, 1.82) is 0 Å². The number of fused-ring (bicyclic) bond motifs is 3. The van der Waals surface area contributed by atoms with Gasteiger partial charge in [0.2, 0.25) is 0 Å². The second-order valence-electron chi connectivity index (χ2n) is 5.02. The molecule has 1 fully saturated rings. The number of nitrogens with zero attached hydrogens (tertiary/aromatic N) is 4. The van der Waals surface area contributed by atoms with Crippen LogP contribution in [0.2, 0.25) is 0 Å². The first-order chi connectivity index (χ1) is 8.88. The van der Waals surface area contributed by atoms with E-state index in [1.807, 2.05) is 18.0 Å². The summed E-state index contributed by atoms with van der Waals surface area (Å²) in [5.41, 5.74) is 1.11. The molecule has 3 rings (SSSR count). The Morgan fingerprint density at radius 1 is 1.56 bits per heavy atom. The van der Waals surface area contributed by atoms with Gasteiger partial charge in [-0.05, 0) is 31.4 Å². The maximum Gasteiger partial charge on any atom is 0.0929 e. The third kappa shape index (κ3) is 2.41. The van der Waals surface area contributed by atoms with Gasteiger partial charge in [-0.3, -0.25) is 0 Å². The molecule has 0 radical (unpaired) electrons. The normalized spacial score (nSPS) is 27.8. The number of likely N-dealkylation sites (tertiary alicyclic amines) is 1. The Hall–Kier alpha value is -0.590. The molecule has 0 N–H and O–H groups in total. The van der Waals surface area contributed by atoms with Gasteiger partial charge in [0.15, 0.2) is 0 Å². The average Bonchev–Trinajstić information content (AvgIpc) is 2.87. The lowest BCUT2D eigenvalue weighted by molar-refractivity contribution is -0.0654. The van der Waals surface area contributed by atoms with Crippen LogP contribution in [0.25, 0.3) is 0 Å². The number of rotatable bonds is 4. The standard InChI is InChI=1S/C12H20N4OS/c1-18-6-2-4-15-5-3-12-11(8-15)16-10(9-17-12)7-13-14-16/h7,11-12H,2-6,8-9H2,1H3/t11-,12+/m0/s1. The van der Waals surface area contributed by atoms with Crippen molar-refractivity contribution in [3.63, 3.8) is 0 Å². The summed E-state index contributed by atoms with van der Waals surface area (Å²) in [5.74, 6) is 1.25. The van der Waals surface area contributed by atoms with Crippen LogP contribution in [0.1, 0.15) is 24.6 Å². The van der Waals surface area contributed by atoms with Gasteiger partial charge < -0.3 is 9.64 Å². The molecule has 2 aliphatic heterocycles. The second kappa shape index (κ2) is 5.59. The minimum absolute atomic E-state index is 0.330. The van der Waals surface area contributed by atoms with Gasteiger partial charge in [0.25, 0.3) is 0 Å². The third-order valence-electron chi connectivity index (χ3n) is 3.84. The Bertz CT molecular complexity index is 397. The fourth-order valence-electron chi connectivity index (χ4n) is 2.88. The Morgan fingerprint density at radius 2 is 2.50 bits per heavy atom. The van der Waals surface area contributed by atoms with Crippen LogP contribution < -0.4 is 0 Å². The summed E-state index contributed by atoms with van der Waals surface area (Å²) >= 11 is 1.92. The molecule has 100 valence electrons. The van der Waals surface area contributed by atoms with Crippen LogP contribution in [0.3, 0.4) is 0 Å². The fraction of sp³-hybridized carbons (Fsp3) is 0.833. The highest BCUT2D eigenvalue weighted by Crippen LogP contribution is 2.29. The van der Waals surface area contributed by atoms with Crippen LogP contribution in [0.15, 0.2) is 6.20 Å². The summed E-state index contributed by atoms with van der Waals surface area (Å²) in [6.45, 7) is 4.06. The van der Waals surface area contributed by atoms with E-state index in [2.05, 4.69) is 26.1 Å². The van der Waals surface area contributed by atoms with Gasteiger partial charge in [-0.2, -0.15) is 11.8 Å². The highest BCUT2D eigenvalue weighted by atomic mass is 32.2. The largest absolute Gasteiger partial charge is 0.370 e. The lowest BCUT2D eigenvalue weighted by Crippen LogP contribution is -2.48. The Balaban J connectivity index is 1.64. The van der Waals surface area contributed by atoms with Crippen molar-refractivity contribution >= 4 is 11.8 Å². The first-order valence-corrected chi connectivity index (χ1v) is 8.00. The molecule has 0 amide bonds. The van der Waals surface area contributed by atoms with E-state index in [9.17, 15) is 0 Å². The highest BCUT2D eigenvalue weighted by Gasteiger charge is 2.35. The summed E-state index contributed by atoms with van der Waals surface area (Å²) < 4.78 is 7.99. The van der Waals surface area contributed by atoms with Gasteiger partial charge in [0.05, 0.1) is 30.6 Å². The molecule has 0 saturated carbocycles. The Kier molecular flexibility index (Phi) is 3.86. The molecule has 0 aliphatic carbocycles. The van der Waals surface area contributed by atoms with Crippen LogP contribution in [0.5, 0.6) is 0 Å². The molecule has 0 aromatic carbocycles. The maximum atomic E-state index is 5.91. The molecule has 6 heteroatoms. The van der Waals surface area contributed by atoms with Gasteiger partial charge in [-0.25, -0.2) is 4.68 Å². The first kappa shape index (κ1) is 12.4. The summed E-state index contributed by atoms with van der Waals surface area (Å²) in [7, 11) is 0. The topological polar surface area (TPSA) is 43.2 Å². The van der Waals surface area contributed by atoms with E-state index in [0.29, 0.717) is 18.8 Å². The van der Waals surface area contributed by atoms with E-state index in [1.165, 1.54) is 18.7 Å². The van der Waals surface area contributed by atoms with Crippen molar-refractivity contribution in [3.05, 3.63) is 11.9 Å². The number of hydrogen-bond acceptors (Lipinski definition) is 5. The number of ether oxygens (including phenoxy) is 1. The van der Waals surface area contributed by atoms with Gasteiger partial charge >= 0.3 is 0 Å². The van der Waals surface area contributed by atoms with Crippen molar-refractivity contribution < 1.29 is 4.74 Å². The summed E-state index contributed by atoms with van der Waals surface area (Å²) in [4.78, 5) is 2.54. The predicted octanol–water partition coefficient (Wildman–Crippen LogP) is 1.18. The van der Waals surface area contributed by atoms with Gasteiger partial charge in [0, 0.05) is 13.1 Å². The van der Waals surface area contributed by atoms with Crippen LogP contribution in [-0.2, 0) is 11.3 Å². The van der Waals surface area contributed by atoms with Gasteiger partial charge in [-0.15, -0.1) is 5.10 Å². The number of piperidine rings is 1. The molecular weight excluding hydrogens is 248 g/mol. The van der Waals surface area contributed by atoms with E-state index < -0.39 is 0 Å². The summed E-state index contributed by atoms with van der Waals surface area (Å²) in [6, 6.07) is 0.360. The maximum absolute atomic E-state index is 5.91. The SMILES string of the molecule is CSCCCN1CC[C@H]2OCc3cnnn3[C@H]2C1. The van der Waals surface area contributed by atoms with Crippen molar-refractivity contribution in [2.75, 3.05) is 31.6 Å². The van der Waals surface area contributed by atoms with Crippen LogP contribution >= 0.6 is 11.8 Å². The molecule has 1 saturated heterocycles. The summed E-state index contributed by atoms with van der Waals surface area (Å²) in [5, 5.41) is 8.23. The van der Waals surface area contributed by atoms with Crippen molar-refractivity contribution in [3.8, 4) is 0 Å². The average molecular weight is 268 g/mol. The lowest BCUT2D eigenvalue weighted by atomic mass is 10.0. The van der Waals surface area contributed by atoms with Crippen LogP contribution in [0.4, 0.5) is 0 Å². The minimum atomic E-state index is 0.330. The Morgan fingerprint density at radius 3 is 3.39 bits per heavy atom. The highest BCUT2D eigenvalue weighted by molar-refractivity contribution is 7.98.